The fraction of sp³-hybridized carbons (Fsp3) is 0.600. The molecular weight excluding hydrogens is 248 g/mol. The number of benzene rings is 1. The second kappa shape index (κ2) is 5.45. The van der Waals surface area contributed by atoms with Gasteiger partial charge in [0.2, 0.25) is 0 Å². The Morgan fingerprint density at radius 3 is 2.63 bits per heavy atom. The van der Waals surface area contributed by atoms with E-state index in [1.54, 1.807) is 33.1 Å². The average molecular weight is 269 g/mol. The normalized spacial score (nSPS) is 19.7. The molecule has 1 fully saturated rings. The molecule has 1 aliphatic heterocycles. The molecule has 106 valence electrons. The number of nitrogens with one attached hydrogen (secondary N) is 1. The minimum Gasteiger partial charge on any atom is -0.496 e. The molecule has 0 spiro atoms. The van der Waals surface area contributed by atoms with Crippen molar-refractivity contribution in [3.05, 3.63) is 28.8 Å². The molecule has 2 nitrogen and oxygen atoms in total. The maximum absolute atomic E-state index is 14.4. The molecule has 19 heavy (non-hydrogen) atoms. The topological polar surface area (TPSA) is 21.3 Å². The molecule has 1 heterocycles. The highest BCUT2D eigenvalue weighted by atomic mass is 19.3. The van der Waals surface area contributed by atoms with Crippen LogP contribution in [0.2, 0.25) is 0 Å². The molecule has 0 bridgehead atoms. The van der Waals surface area contributed by atoms with Crippen molar-refractivity contribution in [2.75, 3.05) is 20.2 Å². The fourth-order valence-corrected chi connectivity index (χ4v) is 2.76. The van der Waals surface area contributed by atoms with Crippen LogP contribution < -0.4 is 10.1 Å². The Balaban J connectivity index is 2.25. The zero-order valence-corrected chi connectivity index (χ0v) is 11.7. The summed E-state index contributed by atoms with van der Waals surface area (Å²) in [6, 6.07) is 3.27. The van der Waals surface area contributed by atoms with Gasteiger partial charge in [-0.25, -0.2) is 8.78 Å². The predicted octanol–water partition coefficient (Wildman–Crippen LogP) is 3.40. The lowest BCUT2D eigenvalue weighted by atomic mass is 9.91. The lowest BCUT2D eigenvalue weighted by Gasteiger charge is -2.23. The predicted molar refractivity (Wildman–Crippen MR) is 72.0 cm³/mol. The van der Waals surface area contributed by atoms with Crippen LogP contribution in [0.15, 0.2) is 12.1 Å². The lowest BCUT2D eigenvalue weighted by Crippen LogP contribution is -2.21. The average Bonchev–Trinajstić information content (AvgIpc) is 2.83. The Bertz CT molecular complexity index is 454. The van der Waals surface area contributed by atoms with Crippen molar-refractivity contribution in [2.24, 2.45) is 5.92 Å². The van der Waals surface area contributed by atoms with E-state index in [1.165, 1.54) is 0 Å². The van der Waals surface area contributed by atoms with Crippen LogP contribution in [0.1, 0.15) is 29.5 Å². The third kappa shape index (κ3) is 3.06. The zero-order chi connectivity index (χ0) is 14.0. The van der Waals surface area contributed by atoms with Gasteiger partial charge in [0.1, 0.15) is 5.75 Å². The van der Waals surface area contributed by atoms with E-state index in [4.69, 9.17) is 4.74 Å². The van der Waals surface area contributed by atoms with Crippen LogP contribution in [0, 0.1) is 19.8 Å². The van der Waals surface area contributed by atoms with Crippen LogP contribution in [-0.2, 0) is 5.92 Å². The molecule has 0 aromatic heterocycles. The Labute approximate surface area is 113 Å². The molecule has 1 unspecified atom stereocenters. The van der Waals surface area contributed by atoms with E-state index in [0.29, 0.717) is 17.9 Å². The zero-order valence-electron chi connectivity index (χ0n) is 11.7. The number of methoxy groups -OCH3 is 1. The summed E-state index contributed by atoms with van der Waals surface area (Å²) in [6.07, 6.45) is 0.760. The van der Waals surface area contributed by atoms with Crippen LogP contribution in [0.4, 0.5) is 8.78 Å². The number of rotatable bonds is 4. The Kier molecular flexibility index (Phi) is 4.09. The van der Waals surface area contributed by atoms with Gasteiger partial charge in [0.05, 0.1) is 7.11 Å². The smallest absolute Gasteiger partial charge is 0.273 e. The molecule has 1 atom stereocenters. The van der Waals surface area contributed by atoms with Gasteiger partial charge in [0.25, 0.3) is 5.92 Å². The molecule has 0 radical (unpaired) electrons. The van der Waals surface area contributed by atoms with E-state index in [0.717, 1.165) is 18.5 Å². The van der Waals surface area contributed by atoms with E-state index in [9.17, 15) is 8.78 Å². The minimum atomic E-state index is -2.77. The summed E-state index contributed by atoms with van der Waals surface area (Å²) in [5.74, 6) is -2.03. The second-order valence-corrected chi connectivity index (χ2v) is 5.40. The molecule has 1 aliphatic rings. The molecule has 1 aromatic carbocycles. The fourth-order valence-electron chi connectivity index (χ4n) is 2.76. The summed E-state index contributed by atoms with van der Waals surface area (Å²) in [5, 5.41) is 3.14. The first-order chi connectivity index (χ1) is 8.94. The van der Waals surface area contributed by atoms with Gasteiger partial charge in [-0.2, -0.15) is 0 Å². The number of halogens is 2. The van der Waals surface area contributed by atoms with Crippen LogP contribution in [-0.4, -0.2) is 20.2 Å². The third-order valence-electron chi connectivity index (χ3n) is 3.84. The van der Waals surface area contributed by atoms with Crippen LogP contribution >= 0.6 is 0 Å². The number of ether oxygens (including phenoxy) is 1. The number of alkyl halides is 2. The molecule has 0 amide bonds. The van der Waals surface area contributed by atoms with E-state index >= 15 is 0 Å². The summed E-state index contributed by atoms with van der Waals surface area (Å²) in [6.45, 7) is 5.07. The highest BCUT2D eigenvalue weighted by molar-refractivity contribution is 5.43. The summed E-state index contributed by atoms with van der Waals surface area (Å²) in [4.78, 5) is 0. The summed E-state index contributed by atoms with van der Waals surface area (Å²) in [7, 11) is 1.56. The van der Waals surface area contributed by atoms with Gasteiger partial charge in [-0.1, -0.05) is 0 Å². The SMILES string of the molecule is COc1cc(C)c(C(F)(F)CC2CCNC2)cc1C. The van der Waals surface area contributed by atoms with Crippen molar-refractivity contribution in [1.29, 1.82) is 0 Å². The molecule has 0 saturated carbocycles. The first kappa shape index (κ1) is 14.3. The van der Waals surface area contributed by atoms with Gasteiger partial charge < -0.3 is 10.1 Å². The number of hydrogen-bond donors (Lipinski definition) is 1. The monoisotopic (exact) mass is 269 g/mol. The van der Waals surface area contributed by atoms with Gasteiger partial charge in [0, 0.05) is 12.0 Å². The number of aryl methyl sites for hydroxylation is 2. The van der Waals surface area contributed by atoms with Crippen molar-refractivity contribution in [1.82, 2.24) is 5.32 Å². The molecule has 2 rings (SSSR count). The maximum Gasteiger partial charge on any atom is 0.273 e. The molecule has 4 heteroatoms. The van der Waals surface area contributed by atoms with Gasteiger partial charge in [-0.15, -0.1) is 0 Å². The van der Waals surface area contributed by atoms with Crippen molar-refractivity contribution in [3.8, 4) is 5.75 Å². The van der Waals surface area contributed by atoms with Crippen molar-refractivity contribution in [3.63, 3.8) is 0 Å². The van der Waals surface area contributed by atoms with Crippen molar-refractivity contribution in [2.45, 2.75) is 32.6 Å². The summed E-state index contributed by atoms with van der Waals surface area (Å²) < 4.78 is 34.0. The van der Waals surface area contributed by atoms with Crippen molar-refractivity contribution >= 4 is 0 Å². The van der Waals surface area contributed by atoms with E-state index in [-0.39, 0.29) is 17.9 Å². The lowest BCUT2D eigenvalue weighted by molar-refractivity contribution is -0.0274. The summed E-state index contributed by atoms with van der Waals surface area (Å²) in [5.41, 5.74) is 1.49. The molecular formula is C15H21F2NO. The maximum atomic E-state index is 14.4. The van der Waals surface area contributed by atoms with Crippen LogP contribution in [0.3, 0.4) is 0 Å². The van der Waals surface area contributed by atoms with Gasteiger partial charge in [0.15, 0.2) is 0 Å². The van der Waals surface area contributed by atoms with E-state index in [2.05, 4.69) is 5.32 Å². The van der Waals surface area contributed by atoms with Gasteiger partial charge in [-0.3, -0.25) is 0 Å². The van der Waals surface area contributed by atoms with E-state index in [1.807, 2.05) is 0 Å². The quantitative estimate of drug-likeness (QED) is 0.904. The molecule has 1 aromatic rings. The minimum absolute atomic E-state index is 0.0665. The Hall–Kier alpha value is -1.16. The van der Waals surface area contributed by atoms with Crippen molar-refractivity contribution < 1.29 is 13.5 Å². The van der Waals surface area contributed by atoms with Gasteiger partial charge >= 0.3 is 0 Å². The third-order valence-corrected chi connectivity index (χ3v) is 3.84. The standard InChI is InChI=1S/C15H21F2NO/c1-10-7-14(19-3)11(2)6-13(10)15(16,17)8-12-4-5-18-9-12/h6-7,12,18H,4-5,8-9H2,1-3H3. The first-order valence-electron chi connectivity index (χ1n) is 6.68. The van der Waals surface area contributed by atoms with E-state index < -0.39 is 5.92 Å². The van der Waals surface area contributed by atoms with Gasteiger partial charge in [-0.05, 0) is 62.5 Å². The second-order valence-electron chi connectivity index (χ2n) is 5.40. The first-order valence-corrected chi connectivity index (χ1v) is 6.68. The molecule has 1 saturated heterocycles. The highest BCUT2D eigenvalue weighted by Gasteiger charge is 2.37. The van der Waals surface area contributed by atoms with Crippen LogP contribution in [0.25, 0.3) is 0 Å². The Morgan fingerprint density at radius 1 is 1.32 bits per heavy atom. The Morgan fingerprint density at radius 2 is 2.05 bits per heavy atom. The largest absolute Gasteiger partial charge is 0.496 e. The molecule has 0 aliphatic carbocycles. The number of hydrogen-bond acceptors (Lipinski definition) is 2. The molecule has 1 N–H and O–H groups in total. The van der Waals surface area contributed by atoms with Crippen LogP contribution in [0.5, 0.6) is 5.75 Å². The summed E-state index contributed by atoms with van der Waals surface area (Å²) >= 11 is 0. The highest BCUT2D eigenvalue weighted by Crippen LogP contribution is 2.39.